The quantitative estimate of drug-likeness (QED) is 0.777. The van der Waals surface area contributed by atoms with Gasteiger partial charge in [0.2, 0.25) is 0 Å². The summed E-state index contributed by atoms with van der Waals surface area (Å²) in [6.45, 7) is 1.32. The summed E-state index contributed by atoms with van der Waals surface area (Å²) in [4.78, 5) is 0. The molecular formula is C16H18BrNO3. The van der Waals surface area contributed by atoms with Crippen LogP contribution >= 0.6 is 15.9 Å². The second kappa shape index (κ2) is 7.90. The molecule has 0 aliphatic rings. The Morgan fingerprint density at radius 1 is 1.00 bits per heavy atom. The molecule has 21 heavy (non-hydrogen) atoms. The van der Waals surface area contributed by atoms with Crippen molar-refractivity contribution in [1.82, 2.24) is 0 Å². The molecule has 0 spiro atoms. The molecule has 2 N–H and O–H groups in total. The van der Waals surface area contributed by atoms with Crippen LogP contribution in [0.3, 0.4) is 0 Å². The highest BCUT2D eigenvalue weighted by molar-refractivity contribution is 9.10. The highest BCUT2D eigenvalue weighted by atomic mass is 79.9. The summed E-state index contributed by atoms with van der Waals surface area (Å²) in [5, 5.41) is 0. The van der Waals surface area contributed by atoms with Crippen molar-refractivity contribution in [2.45, 2.75) is 6.54 Å². The first kappa shape index (κ1) is 15.7. The molecule has 0 aliphatic heterocycles. The summed E-state index contributed by atoms with van der Waals surface area (Å²) in [5.41, 5.74) is 6.64. The molecule has 0 radical (unpaired) electrons. The Morgan fingerprint density at radius 2 is 1.81 bits per heavy atom. The molecular weight excluding hydrogens is 334 g/mol. The first-order chi connectivity index (χ1) is 10.2. The zero-order valence-corrected chi connectivity index (χ0v) is 13.4. The van der Waals surface area contributed by atoms with Gasteiger partial charge >= 0.3 is 0 Å². The average molecular weight is 352 g/mol. The van der Waals surface area contributed by atoms with Crippen molar-refractivity contribution in [3.63, 3.8) is 0 Å². The van der Waals surface area contributed by atoms with E-state index in [1.165, 1.54) is 0 Å². The SMILES string of the molecule is COc1ccc(CN)c(OCCOc2cccc(Br)c2)c1. The Balaban J connectivity index is 1.88. The predicted octanol–water partition coefficient (Wildman–Crippen LogP) is 3.37. The number of ether oxygens (including phenoxy) is 3. The zero-order valence-electron chi connectivity index (χ0n) is 11.8. The lowest BCUT2D eigenvalue weighted by molar-refractivity contribution is 0.215. The third-order valence-electron chi connectivity index (χ3n) is 2.90. The highest BCUT2D eigenvalue weighted by Gasteiger charge is 2.05. The van der Waals surface area contributed by atoms with Gasteiger partial charge in [-0.05, 0) is 24.3 Å². The average Bonchev–Trinajstić information content (AvgIpc) is 2.51. The molecule has 0 amide bonds. The van der Waals surface area contributed by atoms with Crippen LogP contribution in [0.4, 0.5) is 0 Å². The maximum atomic E-state index is 5.73. The lowest BCUT2D eigenvalue weighted by atomic mass is 10.2. The molecule has 4 nitrogen and oxygen atoms in total. The molecule has 0 heterocycles. The van der Waals surface area contributed by atoms with Crippen LogP contribution in [0.1, 0.15) is 5.56 Å². The number of hydrogen-bond acceptors (Lipinski definition) is 4. The van der Waals surface area contributed by atoms with E-state index in [1.807, 2.05) is 42.5 Å². The van der Waals surface area contributed by atoms with Crippen LogP contribution in [0.5, 0.6) is 17.2 Å². The standard InChI is InChI=1S/C16H18BrNO3/c1-19-14-6-5-12(11-18)16(10-14)21-8-7-20-15-4-2-3-13(17)9-15/h2-6,9-10H,7-8,11,18H2,1H3. The van der Waals surface area contributed by atoms with Crippen molar-refractivity contribution >= 4 is 15.9 Å². The minimum atomic E-state index is 0.422. The van der Waals surface area contributed by atoms with Crippen molar-refractivity contribution < 1.29 is 14.2 Å². The van der Waals surface area contributed by atoms with Gasteiger partial charge in [0, 0.05) is 22.6 Å². The normalized spacial score (nSPS) is 10.2. The summed E-state index contributed by atoms with van der Waals surface area (Å²) in [6.07, 6.45) is 0. The van der Waals surface area contributed by atoms with E-state index >= 15 is 0 Å². The second-order valence-corrected chi connectivity index (χ2v) is 5.25. The molecule has 112 valence electrons. The van der Waals surface area contributed by atoms with Gasteiger partial charge < -0.3 is 19.9 Å². The molecule has 5 heteroatoms. The minimum Gasteiger partial charge on any atom is -0.497 e. The third kappa shape index (κ3) is 4.65. The summed E-state index contributed by atoms with van der Waals surface area (Å²) in [7, 11) is 1.62. The van der Waals surface area contributed by atoms with Crippen molar-refractivity contribution in [3.8, 4) is 17.2 Å². The molecule has 0 aromatic heterocycles. The van der Waals surface area contributed by atoms with Gasteiger partial charge in [0.05, 0.1) is 7.11 Å². The molecule has 0 aliphatic carbocycles. The van der Waals surface area contributed by atoms with Gasteiger partial charge in [-0.25, -0.2) is 0 Å². The number of methoxy groups -OCH3 is 1. The molecule has 2 rings (SSSR count). The smallest absolute Gasteiger partial charge is 0.127 e. The molecule has 0 unspecified atom stereocenters. The van der Waals surface area contributed by atoms with E-state index in [1.54, 1.807) is 7.11 Å². The fraction of sp³-hybridized carbons (Fsp3) is 0.250. The fourth-order valence-electron chi connectivity index (χ4n) is 1.83. The summed E-state index contributed by atoms with van der Waals surface area (Å²) < 4.78 is 17.5. The van der Waals surface area contributed by atoms with Crippen molar-refractivity contribution in [3.05, 3.63) is 52.5 Å². The maximum Gasteiger partial charge on any atom is 0.127 e. The number of nitrogens with two attached hydrogens (primary N) is 1. The van der Waals surface area contributed by atoms with Gasteiger partial charge in [-0.1, -0.05) is 28.1 Å². The Kier molecular flexibility index (Phi) is 5.90. The maximum absolute atomic E-state index is 5.73. The monoisotopic (exact) mass is 351 g/mol. The van der Waals surface area contributed by atoms with E-state index in [4.69, 9.17) is 19.9 Å². The van der Waals surface area contributed by atoms with Crippen LogP contribution in [0.15, 0.2) is 46.9 Å². The van der Waals surface area contributed by atoms with Crippen molar-refractivity contribution in [2.75, 3.05) is 20.3 Å². The lowest BCUT2D eigenvalue weighted by Crippen LogP contribution is -2.11. The van der Waals surface area contributed by atoms with Crippen LogP contribution in [-0.2, 0) is 6.54 Å². The van der Waals surface area contributed by atoms with E-state index in [9.17, 15) is 0 Å². The molecule has 0 atom stereocenters. The van der Waals surface area contributed by atoms with E-state index in [0.29, 0.717) is 19.8 Å². The highest BCUT2D eigenvalue weighted by Crippen LogP contribution is 2.24. The molecule has 2 aromatic carbocycles. The van der Waals surface area contributed by atoms with Gasteiger partial charge in [-0.2, -0.15) is 0 Å². The Bertz CT molecular complexity index is 589. The zero-order chi connectivity index (χ0) is 15.1. The second-order valence-electron chi connectivity index (χ2n) is 4.33. The number of halogens is 1. The Labute approximate surface area is 132 Å². The molecule has 0 bridgehead atoms. The van der Waals surface area contributed by atoms with E-state index in [0.717, 1.165) is 27.3 Å². The Morgan fingerprint density at radius 3 is 2.52 bits per heavy atom. The molecule has 2 aromatic rings. The molecule has 0 saturated carbocycles. The number of benzene rings is 2. The van der Waals surface area contributed by atoms with Gasteiger partial charge in [0.1, 0.15) is 30.5 Å². The lowest BCUT2D eigenvalue weighted by Gasteiger charge is -2.12. The Hall–Kier alpha value is -1.72. The number of rotatable bonds is 7. The topological polar surface area (TPSA) is 53.7 Å². The van der Waals surface area contributed by atoms with E-state index < -0.39 is 0 Å². The largest absolute Gasteiger partial charge is 0.497 e. The number of hydrogen-bond donors (Lipinski definition) is 1. The van der Waals surface area contributed by atoms with Gasteiger partial charge in [0.25, 0.3) is 0 Å². The van der Waals surface area contributed by atoms with Crippen molar-refractivity contribution in [2.24, 2.45) is 5.73 Å². The van der Waals surface area contributed by atoms with Crippen LogP contribution < -0.4 is 19.9 Å². The predicted molar refractivity (Wildman–Crippen MR) is 86.0 cm³/mol. The van der Waals surface area contributed by atoms with Crippen LogP contribution in [0.2, 0.25) is 0 Å². The van der Waals surface area contributed by atoms with Gasteiger partial charge in [0.15, 0.2) is 0 Å². The van der Waals surface area contributed by atoms with E-state index in [-0.39, 0.29) is 0 Å². The van der Waals surface area contributed by atoms with Crippen LogP contribution in [-0.4, -0.2) is 20.3 Å². The molecule has 0 fully saturated rings. The molecule has 0 saturated heterocycles. The fourth-order valence-corrected chi connectivity index (χ4v) is 2.21. The van der Waals surface area contributed by atoms with Crippen molar-refractivity contribution in [1.29, 1.82) is 0 Å². The van der Waals surface area contributed by atoms with Gasteiger partial charge in [-0.3, -0.25) is 0 Å². The van der Waals surface area contributed by atoms with Crippen LogP contribution in [0, 0.1) is 0 Å². The summed E-state index contributed by atoms with van der Waals surface area (Å²) >= 11 is 3.40. The van der Waals surface area contributed by atoms with E-state index in [2.05, 4.69) is 15.9 Å². The summed E-state index contributed by atoms with van der Waals surface area (Å²) in [6, 6.07) is 13.3. The third-order valence-corrected chi connectivity index (χ3v) is 3.39. The minimum absolute atomic E-state index is 0.422. The summed E-state index contributed by atoms with van der Waals surface area (Å²) in [5.74, 6) is 2.28. The first-order valence-electron chi connectivity index (χ1n) is 6.61. The van der Waals surface area contributed by atoms with Crippen LogP contribution in [0.25, 0.3) is 0 Å². The first-order valence-corrected chi connectivity index (χ1v) is 7.40. The van der Waals surface area contributed by atoms with Gasteiger partial charge in [-0.15, -0.1) is 0 Å².